The summed E-state index contributed by atoms with van der Waals surface area (Å²) in [6.07, 6.45) is 0.567. The fourth-order valence-corrected chi connectivity index (χ4v) is 3.25. The molecule has 2 amide bonds. The molecule has 0 aromatic heterocycles. The molecule has 1 fully saturated rings. The molecule has 2 aromatic carbocycles. The summed E-state index contributed by atoms with van der Waals surface area (Å²) in [4.78, 5) is 24.2. The summed E-state index contributed by atoms with van der Waals surface area (Å²) < 4.78 is 13.1. The lowest BCUT2D eigenvalue weighted by Crippen LogP contribution is -2.64. The van der Waals surface area contributed by atoms with Gasteiger partial charge in [-0.1, -0.05) is 36.4 Å². The number of benzene rings is 2. The summed E-state index contributed by atoms with van der Waals surface area (Å²) in [5.74, 6) is -0.705. The van der Waals surface area contributed by atoms with E-state index in [1.807, 2.05) is 30.3 Å². The molecular formula is C18H19FN4O2S. The Morgan fingerprint density at radius 3 is 2.65 bits per heavy atom. The minimum Gasteiger partial charge on any atom is -0.329 e. The van der Waals surface area contributed by atoms with Gasteiger partial charge in [0.2, 0.25) is 11.8 Å². The van der Waals surface area contributed by atoms with E-state index in [1.165, 1.54) is 30.0 Å². The summed E-state index contributed by atoms with van der Waals surface area (Å²) in [7, 11) is 0. The zero-order valence-corrected chi connectivity index (χ0v) is 14.7. The van der Waals surface area contributed by atoms with E-state index >= 15 is 0 Å². The third-order valence-corrected chi connectivity index (χ3v) is 4.75. The highest BCUT2D eigenvalue weighted by Crippen LogP contribution is 2.13. The van der Waals surface area contributed by atoms with Crippen LogP contribution < -0.4 is 21.5 Å². The number of rotatable bonds is 6. The summed E-state index contributed by atoms with van der Waals surface area (Å²) in [6.45, 7) is 0. The molecule has 136 valence electrons. The van der Waals surface area contributed by atoms with Crippen LogP contribution in [0.2, 0.25) is 0 Å². The molecule has 2 unspecified atom stereocenters. The molecule has 0 saturated carbocycles. The molecule has 4 N–H and O–H groups in total. The summed E-state index contributed by atoms with van der Waals surface area (Å²) >= 11 is 1.23. The molecule has 1 saturated heterocycles. The standard InChI is InChI=1S/C18H19FN4O2S/c19-13-7-4-8-14(10-13)20-16(24)11-26-18-21-17(25)15(22-23-18)9-12-5-2-1-3-6-12/h1-8,10,15,18,22-23H,9,11H2,(H,20,24)(H,21,25). The monoisotopic (exact) mass is 374 g/mol. The molecule has 6 nitrogen and oxygen atoms in total. The van der Waals surface area contributed by atoms with Crippen LogP contribution in [0.3, 0.4) is 0 Å². The number of thioether (sulfide) groups is 1. The van der Waals surface area contributed by atoms with Crippen LogP contribution in [0.1, 0.15) is 5.56 Å². The molecular weight excluding hydrogens is 355 g/mol. The molecule has 0 aliphatic carbocycles. The van der Waals surface area contributed by atoms with Crippen molar-refractivity contribution in [3.8, 4) is 0 Å². The van der Waals surface area contributed by atoms with Crippen molar-refractivity contribution in [2.45, 2.75) is 18.0 Å². The maximum absolute atomic E-state index is 13.1. The van der Waals surface area contributed by atoms with Crippen LogP contribution in [-0.4, -0.2) is 29.1 Å². The van der Waals surface area contributed by atoms with Crippen molar-refractivity contribution in [1.82, 2.24) is 16.2 Å². The third kappa shape index (κ3) is 5.29. The molecule has 0 radical (unpaired) electrons. The molecule has 2 aromatic rings. The van der Waals surface area contributed by atoms with Gasteiger partial charge in [-0.25, -0.2) is 15.2 Å². The average molecular weight is 374 g/mol. The maximum atomic E-state index is 13.1. The van der Waals surface area contributed by atoms with E-state index in [9.17, 15) is 14.0 Å². The van der Waals surface area contributed by atoms with E-state index in [0.717, 1.165) is 5.56 Å². The zero-order chi connectivity index (χ0) is 18.4. The number of hydrazine groups is 1. The second-order valence-electron chi connectivity index (χ2n) is 5.79. The second kappa shape index (κ2) is 8.79. The average Bonchev–Trinajstić information content (AvgIpc) is 2.63. The van der Waals surface area contributed by atoms with Gasteiger partial charge in [-0.3, -0.25) is 9.59 Å². The van der Waals surface area contributed by atoms with E-state index in [-0.39, 0.29) is 23.6 Å². The lowest BCUT2D eigenvalue weighted by molar-refractivity contribution is -0.125. The highest BCUT2D eigenvalue weighted by Gasteiger charge is 2.27. The van der Waals surface area contributed by atoms with Gasteiger partial charge in [0.05, 0.1) is 5.75 Å². The van der Waals surface area contributed by atoms with Gasteiger partial charge >= 0.3 is 0 Å². The Balaban J connectivity index is 1.43. The van der Waals surface area contributed by atoms with Gasteiger partial charge in [-0.05, 0) is 30.2 Å². The first kappa shape index (κ1) is 18.4. The quantitative estimate of drug-likeness (QED) is 0.618. The maximum Gasteiger partial charge on any atom is 0.240 e. The first-order valence-electron chi connectivity index (χ1n) is 8.12. The largest absolute Gasteiger partial charge is 0.329 e. The number of hydrogen-bond acceptors (Lipinski definition) is 5. The second-order valence-corrected chi connectivity index (χ2v) is 6.88. The van der Waals surface area contributed by atoms with Gasteiger partial charge in [-0.15, -0.1) is 11.8 Å². The minimum absolute atomic E-state index is 0.111. The van der Waals surface area contributed by atoms with E-state index in [0.29, 0.717) is 12.1 Å². The number of hydrogen-bond donors (Lipinski definition) is 4. The number of carbonyl (C=O) groups is 2. The number of halogens is 1. The Morgan fingerprint density at radius 2 is 1.92 bits per heavy atom. The van der Waals surface area contributed by atoms with E-state index in [1.54, 1.807) is 6.07 Å². The van der Waals surface area contributed by atoms with Crippen molar-refractivity contribution in [2.24, 2.45) is 0 Å². The van der Waals surface area contributed by atoms with Gasteiger partial charge in [-0.2, -0.15) is 0 Å². The van der Waals surface area contributed by atoms with Crippen LogP contribution in [0.4, 0.5) is 10.1 Å². The summed E-state index contributed by atoms with van der Waals surface area (Å²) in [5.41, 5.74) is 7.01. The Kier molecular flexibility index (Phi) is 6.21. The van der Waals surface area contributed by atoms with Gasteiger partial charge in [0, 0.05) is 5.69 Å². The van der Waals surface area contributed by atoms with Crippen LogP contribution in [0, 0.1) is 5.82 Å². The SMILES string of the molecule is O=C(CSC1NNC(Cc2ccccc2)C(=O)N1)Nc1cccc(F)c1. The van der Waals surface area contributed by atoms with Gasteiger partial charge in [0.1, 0.15) is 17.4 Å². The minimum atomic E-state index is -0.423. The van der Waals surface area contributed by atoms with Crippen LogP contribution in [-0.2, 0) is 16.0 Å². The fourth-order valence-electron chi connectivity index (χ4n) is 2.51. The molecule has 3 rings (SSSR count). The fraction of sp³-hybridized carbons (Fsp3) is 0.222. The molecule has 1 aliphatic rings. The number of carbonyl (C=O) groups excluding carboxylic acids is 2. The lowest BCUT2D eigenvalue weighted by Gasteiger charge is -2.31. The van der Waals surface area contributed by atoms with Crippen molar-refractivity contribution < 1.29 is 14.0 Å². The summed E-state index contributed by atoms with van der Waals surface area (Å²) in [5, 5.41) is 5.44. The smallest absolute Gasteiger partial charge is 0.240 e. The van der Waals surface area contributed by atoms with Crippen LogP contribution >= 0.6 is 11.8 Å². The molecule has 2 atom stereocenters. The molecule has 1 aliphatic heterocycles. The van der Waals surface area contributed by atoms with Crippen LogP contribution in [0.15, 0.2) is 54.6 Å². The first-order chi connectivity index (χ1) is 12.6. The van der Waals surface area contributed by atoms with E-state index in [2.05, 4.69) is 21.5 Å². The Bertz CT molecular complexity index is 775. The first-order valence-corrected chi connectivity index (χ1v) is 9.17. The Morgan fingerprint density at radius 1 is 1.12 bits per heavy atom. The summed E-state index contributed by atoms with van der Waals surface area (Å²) in [6, 6.07) is 15.0. The third-order valence-electron chi connectivity index (χ3n) is 3.75. The van der Waals surface area contributed by atoms with E-state index in [4.69, 9.17) is 0 Å². The molecule has 26 heavy (non-hydrogen) atoms. The molecule has 8 heteroatoms. The van der Waals surface area contributed by atoms with E-state index < -0.39 is 11.3 Å². The van der Waals surface area contributed by atoms with Crippen molar-refractivity contribution in [3.63, 3.8) is 0 Å². The van der Waals surface area contributed by atoms with Crippen LogP contribution in [0.5, 0.6) is 0 Å². The van der Waals surface area contributed by atoms with Crippen molar-refractivity contribution in [2.75, 3.05) is 11.1 Å². The highest BCUT2D eigenvalue weighted by molar-refractivity contribution is 8.00. The van der Waals surface area contributed by atoms with Crippen LogP contribution in [0.25, 0.3) is 0 Å². The molecule has 0 spiro atoms. The Hall–Kier alpha value is -2.42. The van der Waals surface area contributed by atoms with Gasteiger partial charge in [0.25, 0.3) is 0 Å². The number of amides is 2. The van der Waals surface area contributed by atoms with Gasteiger partial charge < -0.3 is 10.6 Å². The van der Waals surface area contributed by atoms with Crippen molar-refractivity contribution in [3.05, 3.63) is 66.0 Å². The molecule has 0 bridgehead atoms. The predicted octanol–water partition coefficient (Wildman–Crippen LogP) is 1.62. The number of nitrogens with one attached hydrogen (secondary N) is 4. The van der Waals surface area contributed by atoms with Gasteiger partial charge in [0.15, 0.2) is 0 Å². The Labute approximate surface area is 154 Å². The normalized spacial score (nSPS) is 19.7. The predicted molar refractivity (Wildman–Crippen MR) is 99.6 cm³/mol. The number of anilines is 1. The lowest BCUT2D eigenvalue weighted by atomic mass is 10.1. The highest BCUT2D eigenvalue weighted by atomic mass is 32.2. The zero-order valence-electron chi connectivity index (χ0n) is 13.9. The topological polar surface area (TPSA) is 82.3 Å². The molecule has 1 heterocycles. The van der Waals surface area contributed by atoms with Crippen molar-refractivity contribution in [1.29, 1.82) is 0 Å². The van der Waals surface area contributed by atoms with Crippen molar-refractivity contribution >= 4 is 29.3 Å².